The van der Waals surface area contributed by atoms with Crippen molar-refractivity contribution < 1.29 is 9.90 Å². The van der Waals surface area contributed by atoms with Gasteiger partial charge in [-0.15, -0.1) is 0 Å². The van der Waals surface area contributed by atoms with E-state index in [0.29, 0.717) is 17.1 Å². The molecule has 0 aliphatic heterocycles. The van der Waals surface area contributed by atoms with Gasteiger partial charge in [-0.3, -0.25) is 0 Å². The lowest BCUT2D eigenvalue weighted by Crippen LogP contribution is -2.29. The summed E-state index contributed by atoms with van der Waals surface area (Å²) in [4.78, 5) is 11.2. The van der Waals surface area contributed by atoms with E-state index in [4.69, 9.17) is 16.7 Å². The second kappa shape index (κ2) is 7.00. The van der Waals surface area contributed by atoms with Crippen LogP contribution in [0.1, 0.15) is 31.7 Å². The Bertz CT molecular complexity index is 437. The highest BCUT2D eigenvalue weighted by Gasteiger charge is 2.17. The molecule has 1 aromatic carbocycles. The molecular formula is C13H17BrClNO2. The van der Waals surface area contributed by atoms with Crippen molar-refractivity contribution in [2.45, 2.75) is 39.2 Å². The fraction of sp³-hybridized carbons (Fsp3) is 0.462. The Hall–Kier alpha value is -0.740. The number of nitrogens with one attached hydrogen (secondary N) is 1. The Balaban J connectivity index is 2.86. The number of carbonyl (C=O) groups is 1. The minimum absolute atomic E-state index is 0.583. The van der Waals surface area contributed by atoms with Crippen LogP contribution in [0.15, 0.2) is 16.6 Å². The normalized spacial score (nSPS) is 12.2. The number of carboxylic acid groups (broad SMARTS) is 1. The molecule has 0 heterocycles. The highest BCUT2D eigenvalue weighted by atomic mass is 79.9. The van der Waals surface area contributed by atoms with Gasteiger partial charge in [0.25, 0.3) is 0 Å². The molecule has 2 N–H and O–H groups in total. The van der Waals surface area contributed by atoms with Crippen LogP contribution in [0.25, 0.3) is 0 Å². The fourth-order valence-corrected chi connectivity index (χ4v) is 2.35. The molecule has 0 saturated heterocycles. The van der Waals surface area contributed by atoms with E-state index in [-0.39, 0.29) is 0 Å². The van der Waals surface area contributed by atoms with Gasteiger partial charge in [-0.05, 0) is 47.0 Å². The molecule has 18 heavy (non-hydrogen) atoms. The number of hydrogen-bond acceptors (Lipinski definition) is 2. The third-order valence-electron chi connectivity index (χ3n) is 2.72. The quantitative estimate of drug-likeness (QED) is 0.807. The topological polar surface area (TPSA) is 49.3 Å². The molecule has 1 unspecified atom stereocenters. The van der Waals surface area contributed by atoms with Crippen LogP contribution in [0.3, 0.4) is 0 Å². The molecule has 0 bridgehead atoms. The summed E-state index contributed by atoms with van der Waals surface area (Å²) in [6.07, 6.45) is 2.45. The molecule has 0 amide bonds. The average molecular weight is 335 g/mol. The smallest absolute Gasteiger partial charge is 0.326 e. The van der Waals surface area contributed by atoms with Crippen LogP contribution in [-0.2, 0) is 4.79 Å². The lowest BCUT2D eigenvalue weighted by molar-refractivity contribution is -0.138. The molecular weight excluding hydrogens is 318 g/mol. The Morgan fingerprint density at radius 2 is 2.22 bits per heavy atom. The summed E-state index contributed by atoms with van der Waals surface area (Å²) in [6.45, 7) is 3.94. The third kappa shape index (κ3) is 4.18. The highest BCUT2D eigenvalue weighted by molar-refractivity contribution is 9.10. The van der Waals surface area contributed by atoms with E-state index in [9.17, 15) is 4.79 Å². The summed E-state index contributed by atoms with van der Waals surface area (Å²) < 4.78 is 0.826. The van der Waals surface area contributed by atoms with Gasteiger partial charge in [-0.2, -0.15) is 0 Å². The van der Waals surface area contributed by atoms with Gasteiger partial charge in [0.1, 0.15) is 6.04 Å². The predicted octanol–water partition coefficient (Wildman–Crippen LogP) is 4.47. The lowest BCUT2D eigenvalue weighted by atomic mass is 10.1. The van der Waals surface area contributed by atoms with Crippen molar-refractivity contribution in [3.05, 3.63) is 27.2 Å². The van der Waals surface area contributed by atoms with Gasteiger partial charge in [-0.1, -0.05) is 31.4 Å². The first-order valence-corrected chi connectivity index (χ1v) is 7.07. The number of halogens is 2. The maximum atomic E-state index is 11.2. The molecule has 100 valence electrons. The Morgan fingerprint density at radius 3 is 2.78 bits per heavy atom. The molecule has 0 radical (unpaired) electrons. The van der Waals surface area contributed by atoms with Crippen LogP contribution in [-0.4, -0.2) is 17.1 Å². The summed E-state index contributed by atoms with van der Waals surface area (Å²) in [6, 6.07) is 3.05. The first-order valence-electron chi connectivity index (χ1n) is 5.90. The SMILES string of the molecule is CCCCC(Nc1cc(Cl)c(C)cc1Br)C(=O)O. The number of unbranched alkanes of at least 4 members (excludes halogenated alkanes) is 1. The number of carboxylic acids is 1. The molecule has 1 aromatic rings. The molecule has 0 saturated carbocycles. The summed E-state index contributed by atoms with van der Waals surface area (Å²) >= 11 is 9.46. The van der Waals surface area contributed by atoms with Crippen molar-refractivity contribution >= 4 is 39.2 Å². The minimum Gasteiger partial charge on any atom is -0.480 e. The van der Waals surface area contributed by atoms with Crippen LogP contribution in [0, 0.1) is 6.92 Å². The second-order valence-corrected chi connectivity index (χ2v) is 5.52. The standard InChI is InChI=1S/C13H17BrClNO2/c1-3-4-5-11(13(17)18)16-12-7-10(15)8(2)6-9(12)14/h6-7,11,16H,3-5H2,1-2H3,(H,17,18). The van der Waals surface area contributed by atoms with Crippen molar-refractivity contribution in [1.29, 1.82) is 0 Å². The highest BCUT2D eigenvalue weighted by Crippen LogP contribution is 2.30. The summed E-state index contributed by atoms with van der Waals surface area (Å²) in [7, 11) is 0. The van der Waals surface area contributed by atoms with Gasteiger partial charge >= 0.3 is 5.97 Å². The van der Waals surface area contributed by atoms with Gasteiger partial charge in [0, 0.05) is 9.50 Å². The number of anilines is 1. The van der Waals surface area contributed by atoms with Crippen LogP contribution < -0.4 is 5.32 Å². The van der Waals surface area contributed by atoms with E-state index in [2.05, 4.69) is 21.2 Å². The van der Waals surface area contributed by atoms with E-state index in [0.717, 1.165) is 22.9 Å². The van der Waals surface area contributed by atoms with Gasteiger partial charge in [0.2, 0.25) is 0 Å². The van der Waals surface area contributed by atoms with Gasteiger partial charge in [-0.25, -0.2) is 4.79 Å². The van der Waals surface area contributed by atoms with Crippen molar-refractivity contribution in [3.63, 3.8) is 0 Å². The van der Waals surface area contributed by atoms with Crippen LogP contribution >= 0.6 is 27.5 Å². The van der Waals surface area contributed by atoms with Gasteiger partial charge in [0.05, 0.1) is 5.69 Å². The number of rotatable bonds is 6. The molecule has 5 heteroatoms. The molecule has 3 nitrogen and oxygen atoms in total. The molecule has 1 atom stereocenters. The number of hydrogen-bond donors (Lipinski definition) is 2. The van der Waals surface area contributed by atoms with Crippen molar-refractivity contribution in [2.24, 2.45) is 0 Å². The maximum Gasteiger partial charge on any atom is 0.326 e. The minimum atomic E-state index is -0.841. The maximum absolute atomic E-state index is 11.2. The molecule has 0 aliphatic carbocycles. The van der Waals surface area contributed by atoms with Gasteiger partial charge < -0.3 is 10.4 Å². The van der Waals surface area contributed by atoms with Gasteiger partial charge in [0.15, 0.2) is 0 Å². The predicted molar refractivity (Wildman–Crippen MR) is 78.5 cm³/mol. The summed E-state index contributed by atoms with van der Waals surface area (Å²) in [5.41, 5.74) is 1.67. The second-order valence-electron chi connectivity index (χ2n) is 4.26. The zero-order chi connectivity index (χ0) is 13.7. The first-order chi connectivity index (χ1) is 8.45. The van der Waals surface area contributed by atoms with Crippen molar-refractivity contribution in [1.82, 2.24) is 0 Å². The number of aryl methyl sites for hydroxylation is 1. The summed E-state index contributed by atoms with van der Waals surface area (Å²) in [5, 5.41) is 12.8. The van der Waals surface area contributed by atoms with E-state index < -0.39 is 12.0 Å². The average Bonchev–Trinajstić information content (AvgIpc) is 2.30. The largest absolute Gasteiger partial charge is 0.480 e. The molecule has 0 spiro atoms. The molecule has 0 aliphatic rings. The Morgan fingerprint density at radius 1 is 1.56 bits per heavy atom. The molecule has 1 rings (SSSR count). The molecule has 0 fully saturated rings. The third-order valence-corrected chi connectivity index (χ3v) is 3.79. The van der Waals surface area contributed by atoms with E-state index in [1.807, 2.05) is 19.9 Å². The zero-order valence-corrected chi connectivity index (χ0v) is 12.8. The van der Waals surface area contributed by atoms with Crippen LogP contribution in [0.5, 0.6) is 0 Å². The monoisotopic (exact) mass is 333 g/mol. The van der Waals surface area contributed by atoms with E-state index in [1.165, 1.54) is 0 Å². The fourth-order valence-electron chi connectivity index (χ4n) is 1.61. The van der Waals surface area contributed by atoms with Crippen molar-refractivity contribution in [2.75, 3.05) is 5.32 Å². The first kappa shape index (κ1) is 15.3. The van der Waals surface area contributed by atoms with E-state index >= 15 is 0 Å². The van der Waals surface area contributed by atoms with Crippen LogP contribution in [0.4, 0.5) is 5.69 Å². The lowest BCUT2D eigenvalue weighted by Gasteiger charge is -2.17. The van der Waals surface area contributed by atoms with Crippen molar-refractivity contribution in [3.8, 4) is 0 Å². The van der Waals surface area contributed by atoms with Crippen LogP contribution in [0.2, 0.25) is 5.02 Å². The number of benzene rings is 1. The Labute approximate surface area is 121 Å². The zero-order valence-electron chi connectivity index (χ0n) is 10.5. The number of aliphatic carboxylic acids is 1. The molecule has 0 aromatic heterocycles. The summed E-state index contributed by atoms with van der Waals surface area (Å²) in [5.74, 6) is -0.841. The Kier molecular flexibility index (Phi) is 5.96. The van der Waals surface area contributed by atoms with E-state index in [1.54, 1.807) is 6.07 Å².